The van der Waals surface area contributed by atoms with Crippen molar-refractivity contribution >= 4 is 61.9 Å². The first kappa shape index (κ1) is 34.8. The second-order valence-electron chi connectivity index (χ2n) is 14.5. The van der Waals surface area contributed by atoms with E-state index in [9.17, 15) is 0 Å². The maximum Gasteiger partial charge on any atom is 0.161 e. The molecule has 10 rings (SSSR count). The summed E-state index contributed by atoms with van der Waals surface area (Å²) in [5.74, 6) is 1.10. The molecule has 0 saturated heterocycles. The maximum absolute atomic E-state index is 6.74. The van der Waals surface area contributed by atoms with Crippen molar-refractivity contribution in [1.82, 2.24) is 0 Å². The maximum atomic E-state index is 6.74. The number of hydrogen-bond donors (Lipinski definition) is 0. The Balaban J connectivity index is 1.04. The van der Waals surface area contributed by atoms with Gasteiger partial charge in [-0.1, -0.05) is 176 Å². The van der Waals surface area contributed by atoms with Gasteiger partial charge in [0.15, 0.2) is 11.7 Å². The third kappa shape index (κ3) is 6.67. The van der Waals surface area contributed by atoms with E-state index in [1.54, 1.807) is 0 Å². The Morgan fingerprint density at radius 2 is 1.02 bits per heavy atom. The summed E-state index contributed by atoms with van der Waals surface area (Å²) in [4.78, 5) is 14.5. The molecule has 0 unspecified atom stereocenters. The van der Waals surface area contributed by atoms with Gasteiger partial charge in [0, 0.05) is 27.5 Å². The number of furan rings is 1. The predicted molar refractivity (Wildman–Crippen MR) is 244 cm³/mol. The van der Waals surface area contributed by atoms with Crippen LogP contribution in [0.3, 0.4) is 0 Å². The number of nitrogens with zero attached hydrogens (tertiary/aromatic N) is 3. The average Bonchev–Trinajstić information content (AvgIpc) is 3.67. The van der Waals surface area contributed by atoms with Crippen LogP contribution < -0.4 is 0 Å². The standard InChI is InChI=1S/C54H37N3O/c1-55-53(41-15-6-3-7-16-41)57-54(56-35-36-20-22-38(23-21-36)46-29-24-37-12-8-9-17-43(37)32-46)42-27-25-40(26-28-42)47-30-31-48(39-13-4-2-5-14-39)52-51(47)49-33-44-18-10-11-19-45(44)34-50(49)58-52/h2-34H,1,35H2/b56-54-,57-53-. The van der Waals surface area contributed by atoms with E-state index in [1.807, 2.05) is 36.4 Å². The Morgan fingerprint density at radius 1 is 0.448 bits per heavy atom. The van der Waals surface area contributed by atoms with Crippen molar-refractivity contribution < 1.29 is 4.42 Å². The molecule has 0 saturated carbocycles. The largest absolute Gasteiger partial charge is 0.455 e. The van der Waals surface area contributed by atoms with Gasteiger partial charge in [-0.15, -0.1) is 0 Å². The Hall–Kier alpha value is -7.69. The molecule has 274 valence electrons. The lowest BCUT2D eigenvalue weighted by Crippen LogP contribution is -2.05. The van der Waals surface area contributed by atoms with Crippen LogP contribution in [0.1, 0.15) is 16.7 Å². The average molecular weight is 744 g/mol. The highest BCUT2D eigenvalue weighted by Gasteiger charge is 2.18. The van der Waals surface area contributed by atoms with Crippen molar-refractivity contribution in [2.45, 2.75) is 6.54 Å². The van der Waals surface area contributed by atoms with Gasteiger partial charge in [-0.25, -0.2) is 9.98 Å². The fourth-order valence-electron chi connectivity index (χ4n) is 7.86. The third-order valence-electron chi connectivity index (χ3n) is 10.9. The molecular formula is C54H37N3O. The Morgan fingerprint density at radius 3 is 1.74 bits per heavy atom. The van der Waals surface area contributed by atoms with Crippen LogP contribution in [0.15, 0.2) is 220 Å². The van der Waals surface area contributed by atoms with Crippen LogP contribution in [0.5, 0.6) is 0 Å². The molecule has 0 aliphatic heterocycles. The van der Waals surface area contributed by atoms with Gasteiger partial charge in [-0.2, -0.15) is 0 Å². The molecule has 0 radical (unpaired) electrons. The van der Waals surface area contributed by atoms with Gasteiger partial charge >= 0.3 is 0 Å². The van der Waals surface area contributed by atoms with Gasteiger partial charge in [0.05, 0.1) is 6.54 Å². The minimum absolute atomic E-state index is 0.453. The van der Waals surface area contributed by atoms with Crippen molar-refractivity contribution in [3.8, 4) is 33.4 Å². The summed E-state index contributed by atoms with van der Waals surface area (Å²) >= 11 is 0. The molecule has 1 heterocycles. The molecule has 0 bridgehead atoms. The van der Waals surface area contributed by atoms with Crippen molar-refractivity contribution in [1.29, 1.82) is 0 Å². The molecular weight excluding hydrogens is 707 g/mol. The number of aliphatic imine (C=N–C) groups is 3. The zero-order valence-electron chi connectivity index (χ0n) is 31.7. The molecule has 0 atom stereocenters. The molecule has 0 fully saturated rings. The predicted octanol–water partition coefficient (Wildman–Crippen LogP) is 14.0. The van der Waals surface area contributed by atoms with E-state index in [0.717, 1.165) is 66.3 Å². The van der Waals surface area contributed by atoms with E-state index in [1.165, 1.54) is 27.3 Å². The van der Waals surface area contributed by atoms with Crippen molar-refractivity contribution in [3.63, 3.8) is 0 Å². The van der Waals surface area contributed by atoms with Gasteiger partial charge < -0.3 is 4.42 Å². The summed E-state index contributed by atoms with van der Waals surface area (Å²) in [5.41, 5.74) is 11.3. The first-order valence-corrected chi connectivity index (χ1v) is 19.5. The van der Waals surface area contributed by atoms with E-state index in [2.05, 4.69) is 176 Å². The number of benzene rings is 9. The molecule has 0 amide bonds. The van der Waals surface area contributed by atoms with Gasteiger partial charge in [0.2, 0.25) is 0 Å². The van der Waals surface area contributed by atoms with Gasteiger partial charge in [0.25, 0.3) is 0 Å². The second kappa shape index (κ2) is 15.1. The normalized spacial score (nSPS) is 12.1. The highest BCUT2D eigenvalue weighted by atomic mass is 16.3. The van der Waals surface area contributed by atoms with Crippen LogP contribution in [0.2, 0.25) is 0 Å². The van der Waals surface area contributed by atoms with Crippen LogP contribution in [0.25, 0.3) is 76.9 Å². The zero-order valence-corrected chi connectivity index (χ0v) is 31.7. The fraction of sp³-hybridized carbons (Fsp3) is 0.0185. The topological polar surface area (TPSA) is 50.2 Å². The Bertz CT molecular complexity index is 3180. The SMILES string of the molecule is C=N/C(=N\C(=N/Cc1ccc(-c2ccc3ccccc3c2)cc1)c1ccc(-c2ccc(-c3ccccc3)c3oc4cc5ccccc5cc4c23)cc1)c1ccccc1. The number of hydrogen-bond acceptors (Lipinski definition) is 2. The molecule has 4 heteroatoms. The van der Waals surface area contributed by atoms with Gasteiger partial charge in [0.1, 0.15) is 11.2 Å². The van der Waals surface area contributed by atoms with Crippen LogP contribution in [0, 0.1) is 0 Å². The minimum Gasteiger partial charge on any atom is -0.455 e. The Kier molecular flexibility index (Phi) is 9.05. The first-order chi connectivity index (χ1) is 28.7. The van der Waals surface area contributed by atoms with E-state index < -0.39 is 0 Å². The molecule has 9 aromatic carbocycles. The van der Waals surface area contributed by atoms with Crippen molar-refractivity contribution in [2.75, 3.05) is 0 Å². The molecule has 0 aliphatic rings. The summed E-state index contributed by atoms with van der Waals surface area (Å²) in [6.45, 7) is 4.32. The summed E-state index contributed by atoms with van der Waals surface area (Å²) in [6, 6.07) is 69.8. The van der Waals surface area contributed by atoms with E-state index in [4.69, 9.17) is 14.4 Å². The first-order valence-electron chi connectivity index (χ1n) is 19.5. The zero-order chi connectivity index (χ0) is 38.8. The Labute approximate surface area is 336 Å². The molecule has 0 N–H and O–H groups in total. The van der Waals surface area contributed by atoms with Crippen LogP contribution in [-0.2, 0) is 6.54 Å². The van der Waals surface area contributed by atoms with E-state index >= 15 is 0 Å². The van der Waals surface area contributed by atoms with Crippen molar-refractivity contribution in [2.24, 2.45) is 15.0 Å². The molecule has 0 spiro atoms. The monoisotopic (exact) mass is 743 g/mol. The van der Waals surface area contributed by atoms with Crippen LogP contribution in [-0.4, -0.2) is 18.4 Å². The smallest absolute Gasteiger partial charge is 0.161 e. The molecule has 4 nitrogen and oxygen atoms in total. The summed E-state index contributed by atoms with van der Waals surface area (Å²) in [6.07, 6.45) is 0. The summed E-state index contributed by atoms with van der Waals surface area (Å²) in [7, 11) is 0. The molecule has 1 aromatic heterocycles. The minimum atomic E-state index is 0.453. The highest BCUT2D eigenvalue weighted by molar-refractivity contribution is 6.19. The van der Waals surface area contributed by atoms with E-state index in [0.29, 0.717) is 18.2 Å². The second-order valence-corrected chi connectivity index (χ2v) is 14.5. The molecule has 10 aromatic rings. The third-order valence-corrected chi connectivity index (χ3v) is 10.9. The lowest BCUT2D eigenvalue weighted by Gasteiger charge is -2.10. The number of fused-ring (bicyclic) bond motifs is 5. The molecule has 58 heavy (non-hydrogen) atoms. The van der Waals surface area contributed by atoms with Crippen LogP contribution in [0.4, 0.5) is 0 Å². The van der Waals surface area contributed by atoms with E-state index in [-0.39, 0.29) is 0 Å². The summed E-state index contributed by atoms with van der Waals surface area (Å²) < 4.78 is 6.74. The summed E-state index contributed by atoms with van der Waals surface area (Å²) in [5, 5.41) is 6.98. The van der Waals surface area contributed by atoms with Crippen LogP contribution >= 0.6 is 0 Å². The van der Waals surface area contributed by atoms with Gasteiger partial charge in [-0.3, -0.25) is 4.99 Å². The van der Waals surface area contributed by atoms with Crippen molar-refractivity contribution in [3.05, 3.63) is 217 Å². The fourth-order valence-corrected chi connectivity index (χ4v) is 7.86. The highest BCUT2D eigenvalue weighted by Crippen LogP contribution is 2.43. The lowest BCUT2D eigenvalue weighted by molar-refractivity contribution is 0.670. The number of amidine groups is 2. The number of rotatable bonds is 7. The van der Waals surface area contributed by atoms with Gasteiger partial charge in [-0.05, 0) is 85.9 Å². The lowest BCUT2D eigenvalue weighted by atomic mass is 9.93. The molecule has 0 aliphatic carbocycles. The quantitative estimate of drug-likeness (QED) is 0.118.